The maximum atomic E-state index is 13.9. The van der Waals surface area contributed by atoms with E-state index in [4.69, 9.17) is 4.74 Å². The second-order valence-electron chi connectivity index (χ2n) is 7.87. The van der Waals surface area contributed by atoms with Gasteiger partial charge in [0.1, 0.15) is 5.75 Å². The van der Waals surface area contributed by atoms with E-state index in [1.807, 2.05) is 96.8 Å². The summed E-state index contributed by atoms with van der Waals surface area (Å²) in [7, 11) is 1.66. The van der Waals surface area contributed by atoms with Gasteiger partial charge in [-0.1, -0.05) is 90.5 Å². The molecule has 1 amide bonds. The van der Waals surface area contributed by atoms with Gasteiger partial charge < -0.3 is 9.64 Å². The normalized spacial score (nSPS) is 10.7. The number of rotatable bonds is 7. The fraction of sp³-hybridized carbons (Fsp3) is 0.138. The molecule has 160 valence electrons. The summed E-state index contributed by atoms with van der Waals surface area (Å²) in [4.78, 5) is 15.8. The van der Waals surface area contributed by atoms with Gasteiger partial charge in [-0.25, -0.2) is 0 Å². The Kier molecular flexibility index (Phi) is 6.66. The van der Waals surface area contributed by atoms with Crippen LogP contribution >= 0.6 is 0 Å². The Labute approximate surface area is 189 Å². The molecule has 4 aromatic carbocycles. The monoisotopic (exact) mass is 421 g/mol. The minimum Gasteiger partial charge on any atom is -0.497 e. The van der Waals surface area contributed by atoms with E-state index in [9.17, 15) is 4.79 Å². The summed E-state index contributed by atoms with van der Waals surface area (Å²) >= 11 is 0. The van der Waals surface area contributed by atoms with Gasteiger partial charge >= 0.3 is 0 Å². The second kappa shape index (κ2) is 9.97. The summed E-state index contributed by atoms with van der Waals surface area (Å²) in [5.41, 5.74) is 5.01. The zero-order valence-electron chi connectivity index (χ0n) is 18.4. The molecule has 0 heterocycles. The van der Waals surface area contributed by atoms with E-state index in [1.165, 1.54) is 0 Å². The predicted octanol–water partition coefficient (Wildman–Crippen LogP) is 6.44. The van der Waals surface area contributed by atoms with E-state index in [0.717, 1.165) is 28.0 Å². The predicted molar refractivity (Wildman–Crippen MR) is 129 cm³/mol. The molecular weight excluding hydrogens is 394 g/mol. The van der Waals surface area contributed by atoms with E-state index < -0.39 is 0 Å². The number of methoxy groups -OCH3 is 1. The molecule has 0 bridgehead atoms. The molecule has 0 atom stereocenters. The summed E-state index contributed by atoms with van der Waals surface area (Å²) in [6, 6.07) is 35.9. The lowest BCUT2D eigenvalue weighted by Gasteiger charge is -2.33. The minimum absolute atomic E-state index is 0.00137. The quantitative estimate of drug-likeness (QED) is 0.344. The van der Waals surface area contributed by atoms with Crippen LogP contribution in [0.5, 0.6) is 5.75 Å². The van der Waals surface area contributed by atoms with Gasteiger partial charge in [0.05, 0.1) is 13.2 Å². The number of aryl methyl sites for hydroxylation is 1. The van der Waals surface area contributed by atoms with Crippen molar-refractivity contribution in [2.75, 3.05) is 7.11 Å². The van der Waals surface area contributed by atoms with Crippen molar-refractivity contribution in [3.63, 3.8) is 0 Å². The molecule has 0 aromatic heterocycles. The van der Waals surface area contributed by atoms with Crippen LogP contribution in [0, 0.1) is 6.92 Å². The van der Waals surface area contributed by atoms with E-state index in [0.29, 0.717) is 12.1 Å². The Hall–Kier alpha value is -3.85. The first-order valence-corrected chi connectivity index (χ1v) is 10.8. The lowest BCUT2D eigenvalue weighted by Crippen LogP contribution is -2.35. The summed E-state index contributed by atoms with van der Waals surface area (Å²) in [6.45, 7) is 2.51. The fourth-order valence-corrected chi connectivity index (χ4v) is 3.89. The summed E-state index contributed by atoms with van der Waals surface area (Å²) < 4.78 is 5.31. The Morgan fingerprint density at radius 3 is 1.78 bits per heavy atom. The lowest BCUT2D eigenvalue weighted by molar-refractivity contribution is 0.0690. The summed E-state index contributed by atoms with van der Waals surface area (Å²) in [5, 5.41) is 0. The molecule has 3 nitrogen and oxygen atoms in total. The minimum atomic E-state index is -0.215. The summed E-state index contributed by atoms with van der Waals surface area (Å²) in [5.74, 6) is 0.798. The van der Waals surface area contributed by atoms with Gasteiger partial charge in [-0.15, -0.1) is 0 Å². The van der Waals surface area contributed by atoms with Crippen molar-refractivity contribution in [1.29, 1.82) is 0 Å². The zero-order chi connectivity index (χ0) is 22.3. The number of nitrogens with zero attached hydrogens (tertiary/aromatic N) is 1. The van der Waals surface area contributed by atoms with Gasteiger partial charge in [0.25, 0.3) is 5.91 Å². The molecule has 4 rings (SSSR count). The number of hydrogen-bond donors (Lipinski definition) is 0. The highest BCUT2D eigenvalue weighted by Gasteiger charge is 2.28. The van der Waals surface area contributed by atoms with Crippen LogP contribution in [0.1, 0.15) is 38.7 Å². The van der Waals surface area contributed by atoms with Gasteiger partial charge in [-0.3, -0.25) is 4.79 Å². The van der Waals surface area contributed by atoms with Crippen molar-refractivity contribution in [2.45, 2.75) is 19.5 Å². The van der Waals surface area contributed by atoms with Gasteiger partial charge in [0.2, 0.25) is 0 Å². The van der Waals surface area contributed by atoms with Crippen LogP contribution in [0.4, 0.5) is 0 Å². The third-order valence-electron chi connectivity index (χ3n) is 5.61. The first-order chi connectivity index (χ1) is 15.7. The maximum absolute atomic E-state index is 13.9. The molecule has 0 N–H and O–H groups in total. The molecule has 0 aliphatic heterocycles. The molecular formula is C29H27NO2. The van der Waals surface area contributed by atoms with Crippen LogP contribution in [-0.2, 0) is 6.54 Å². The van der Waals surface area contributed by atoms with Crippen LogP contribution in [0.25, 0.3) is 0 Å². The number of hydrogen-bond acceptors (Lipinski definition) is 2. The maximum Gasteiger partial charge on any atom is 0.254 e. The fourth-order valence-electron chi connectivity index (χ4n) is 3.89. The number of benzene rings is 4. The molecule has 0 saturated heterocycles. The van der Waals surface area contributed by atoms with Gasteiger partial charge in [0.15, 0.2) is 0 Å². The molecule has 0 saturated carbocycles. The Balaban J connectivity index is 1.80. The largest absolute Gasteiger partial charge is 0.497 e. The first-order valence-electron chi connectivity index (χ1n) is 10.8. The molecule has 0 radical (unpaired) electrons. The topological polar surface area (TPSA) is 29.5 Å². The van der Waals surface area contributed by atoms with Gasteiger partial charge in [0, 0.05) is 12.1 Å². The number of ether oxygens (including phenoxy) is 1. The van der Waals surface area contributed by atoms with Crippen LogP contribution in [0.2, 0.25) is 0 Å². The molecule has 3 heteroatoms. The average molecular weight is 422 g/mol. The third-order valence-corrected chi connectivity index (χ3v) is 5.61. The van der Waals surface area contributed by atoms with E-state index in [1.54, 1.807) is 7.11 Å². The van der Waals surface area contributed by atoms with E-state index in [2.05, 4.69) is 24.3 Å². The van der Waals surface area contributed by atoms with Crippen molar-refractivity contribution in [3.05, 3.63) is 137 Å². The summed E-state index contributed by atoms with van der Waals surface area (Å²) in [6.07, 6.45) is 0. The first kappa shape index (κ1) is 21.4. The van der Waals surface area contributed by atoms with Crippen molar-refractivity contribution in [1.82, 2.24) is 4.90 Å². The number of carbonyl (C=O) groups excluding carboxylic acids is 1. The molecule has 0 fully saturated rings. The van der Waals surface area contributed by atoms with Crippen molar-refractivity contribution in [3.8, 4) is 5.75 Å². The second-order valence-corrected chi connectivity index (χ2v) is 7.87. The molecule has 0 aliphatic carbocycles. The van der Waals surface area contributed by atoms with E-state index in [-0.39, 0.29) is 11.9 Å². The highest BCUT2D eigenvalue weighted by Crippen LogP contribution is 2.32. The Morgan fingerprint density at radius 2 is 1.28 bits per heavy atom. The van der Waals surface area contributed by atoms with Crippen molar-refractivity contribution >= 4 is 5.91 Å². The molecule has 0 spiro atoms. The lowest BCUT2D eigenvalue weighted by atomic mass is 9.95. The Morgan fingerprint density at radius 1 is 0.750 bits per heavy atom. The van der Waals surface area contributed by atoms with Gasteiger partial charge in [-0.05, 0) is 47.9 Å². The van der Waals surface area contributed by atoms with E-state index >= 15 is 0 Å². The van der Waals surface area contributed by atoms with Crippen LogP contribution in [0.3, 0.4) is 0 Å². The standard InChI is InChI=1S/C29H27NO2/c1-22-13-17-26(18-14-22)29(31)30(21-23-15-19-27(32-2)20-16-23)28(24-9-5-3-6-10-24)25-11-7-4-8-12-25/h3-20,28H,21H2,1-2H3. The smallest absolute Gasteiger partial charge is 0.254 e. The van der Waals surface area contributed by atoms with Crippen LogP contribution < -0.4 is 4.74 Å². The molecule has 0 unspecified atom stereocenters. The molecule has 4 aromatic rings. The molecule has 0 aliphatic rings. The zero-order valence-corrected chi connectivity index (χ0v) is 18.4. The highest BCUT2D eigenvalue weighted by molar-refractivity contribution is 5.94. The molecule has 32 heavy (non-hydrogen) atoms. The number of carbonyl (C=O) groups is 1. The van der Waals surface area contributed by atoms with Crippen molar-refractivity contribution in [2.24, 2.45) is 0 Å². The average Bonchev–Trinajstić information content (AvgIpc) is 2.85. The third kappa shape index (κ3) is 4.89. The van der Waals surface area contributed by atoms with Gasteiger partial charge in [-0.2, -0.15) is 0 Å². The Bertz CT molecular complexity index is 1100. The van der Waals surface area contributed by atoms with Crippen LogP contribution in [-0.4, -0.2) is 17.9 Å². The highest BCUT2D eigenvalue weighted by atomic mass is 16.5. The SMILES string of the molecule is COc1ccc(CN(C(=O)c2ccc(C)cc2)C(c2ccccc2)c2ccccc2)cc1. The van der Waals surface area contributed by atoms with Crippen LogP contribution in [0.15, 0.2) is 109 Å². The van der Waals surface area contributed by atoms with Crippen molar-refractivity contribution < 1.29 is 9.53 Å². The number of amides is 1.